The van der Waals surface area contributed by atoms with Crippen LogP contribution in [-0.4, -0.2) is 0 Å². The van der Waals surface area contributed by atoms with Gasteiger partial charge in [0.1, 0.15) is 11.6 Å². The minimum atomic E-state index is -0.773. The van der Waals surface area contributed by atoms with E-state index in [1.165, 1.54) is 12.1 Å². The molecular weight excluding hydrogens is 184 g/mol. The van der Waals surface area contributed by atoms with Crippen LogP contribution in [0.4, 0.5) is 8.78 Å². The SMILES string of the molecule is C=CCC(C)(N)c1cc(F)cc(F)c1. The van der Waals surface area contributed by atoms with E-state index in [1.54, 1.807) is 13.0 Å². The van der Waals surface area contributed by atoms with Gasteiger partial charge >= 0.3 is 0 Å². The van der Waals surface area contributed by atoms with Gasteiger partial charge in [-0.15, -0.1) is 6.58 Å². The van der Waals surface area contributed by atoms with Crippen LogP contribution in [0.25, 0.3) is 0 Å². The first-order valence-electron chi connectivity index (χ1n) is 4.32. The molecule has 76 valence electrons. The first-order valence-corrected chi connectivity index (χ1v) is 4.32. The van der Waals surface area contributed by atoms with E-state index in [1.807, 2.05) is 0 Å². The summed E-state index contributed by atoms with van der Waals surface area (Å²) in [6, 6.07) is 3.31. The van der Waals surface area contributed by atoms with Crippen LogP contribution < -0.4 is 5.73 Å². The van der Waals surface area contributed by atoms with Gasteiger partial charge in [-0.25, -0.2) is 8.78 Å². The van der Waals surface area contributed by atoms with Crippen molar-refractivity contribution in [3.05, 3.63) is 48.1 Å². The topological polar surface area (TPSA) is 26.0 Å². The molecule has 0 aromatic heterocycles. The van der Waals surface area contributed by atoms with Gasteiger partial charge in [0.25, 0.3) is 0 Å². The summed E-state index contributed by atoms with van der Waals surface area (Å²) in [7, 11) is 0. The Hall–Kier alpha value is -1.22. The van der Waals surface area contributed by atoms with Crippen molar-refractivity contribution >= 4 is 0 Å². The molecule has 1 rings (SSSR count). The number of hydrogen-bond acceptors (Lipinski definition) is 1. The fourth-order valence-corrected chi connectivity index (χ4v) is 1.30. The van der Waals surface area contributed by atoms with E-state index in [-0.39, 0.29) is 0 Å². The number of rotatable bonds is 3. The predicted octanol–water partition coefficient (Wildman–Crippen LogP) is 2.71. The van der Waals surface area contributed by atoms with E-state index in [0.717, 1.165) is 6.07 Å². The van der Waals surface area contributed by atoms with Crippen LogP contribution in [0.15, 0.2) is 30.9 Å². The Labute approximate surface area is 82.2 Å². The zero-order valence-electron chi connectivity index (χ0n) is 8.06. The lowest BCUT2D eigenvalue weighted by atomic mass is 9.90. The lowest BCUT2D eigenvalue weighted by Crippen LogP contribution is -2.32. The van der Waals surface area contributed by atoms with E-state index < -0.39 is 17.2 Å². The second kappa shape index (κ2) is 3.88. The second-order valence-corrected chi connectivity index (χ2v) is 3.57. The van der Waals surface area contributed by atoms with Gasteiger partial charge in [-0.05, 0) is 31.0 Å². The van der Waals surface area contributed by atoms with Gasteiger partial charge in [-0.2, -0.15) is 0 Å². The van der Waals surface area contributed by atoms with E-state index in [2.05, 4.69) is 6.58 Å². The Morgan fingerprint density at radius 2 is 1.86 bits per heavy atom. The molecule has 0 aliphatic carbocycles. The molecule has 0 radical (unpaired) electrons. The highest BCUT2D eigenvalue weighted by atomic mass is 19.1. The molecule has 0 fully saturated rings. The summed E-state index contributed by atoms with van der Waals surface area (Å²) >= 11 is 0. The fraction of sp³-hybridized carbons (Fsp3) is 0.273. The molecule has 2 N–H and O–H groups in total. The predicted molar refractivity (Wildman–Crippen MR) is 52.7 cm³/mol. The molecule has 0 heterocycles. The maximum Gasteiger partial charge on any atom is 0.126 e. The molecule has 1 aromatic rings. The Morgan fingerprint density at radius 3 is 2.29 bits per heavy atom. The quantitative estimate of drug-likeness (QED) is 0.741. The number of halogens is 2. The van der Waals surface area contributed by atoms with E-state index in [0.29, 0.717) is 12.0 Å². The molecule has 0 bridgehead atoms. The van der Waals surface area contributed by atoms with Crippen LogP contribution in [0.5, 0.6) is 0 Å². The van der Waals surface area contributed by atoms with Gasteiger partial charge in [0.15, 0.2) is 0 Å². The minimum Gasteiger partial charge on any atom is -0.321 e. The van der Waals surface area contributed by atoms with Crippen molar-refractivity contribution in [2.75, 3.05) is 0 Å². The molecule has 1 aromatic carbocycles. The fourth-order valence-electron chi connectivity index (χ4n) is 1.30. The van der Waals surface area contributed by atoms with Crippen LogP contribution in [0.3, 0.4) is 0 Å². The highest BCUT2D eigenvalue weighted by Crippen LogP contribution is 2.23. The number of hydrogen-bond donors (Lipinski definition) is 1. The maximum atomic E-state index is 12.9. The van der Waals surface area contributed by atoms with E-state index in [9.17, 15) is 8.78 Å². The van der Waals surface area contributed by atoms with Crippen LogP contribution in [-0.2, 0) is 5.54 Å². The average Bonchev–Trinajstić information content (AvgIpc) is 2.02. The van der Waals surface area contributed by atoms with Crippen molar-refractivity contribution in [3.8, 4) is 0 Å². The monoisotopic (exact) mass is 197 g/mol. The average molecular weight is 197 g/mol. The Bertz CT molecular complexity index is 325. The van der Waals surface area contributed by atoms with Gasteiger partial charge in [0.2, 0.25) is 0 Å². The largest absolute Gasteiger partial charge is 0.321 e. The molecule has 0 saturated heterocycles. The minimum absolute atomic E-state index is 0.440. The van der Waals surface area contributed by atoms with Crippen LogP contribution in [0.1, 0.15) is 18.9 Å². The molecule has 1 unspecified atom stereocenters. The van der Waals surface area contributed by atoms with Crippen LogP contribution >= 0.6 is 0 Å². The molecule has 1 atom stereocenters. The van der Waals surface area contributed by atoms with Crippen LogP contribution in [0, 0.1) is 11.6 Å². The second-order valence-electron chi connectivity index (χ2n) is 3.57. The molecule has 1 nitrogen and oxygen atoms in total. The summed E-state index contributed by atoms with van der Waals surface area (Å²) < 4.78 is 25.8. The molecule has 0 saturated carbocycles. The molecule has 14 heavy (non-hydrogen) atoms. The summed E-state index contributed by atoms with van der Waals surface area (Å²) in [6.07, 6.45) is 2.10. The van der Waals surface area contributed by atoms with Gasteiger partial charge in [0.05, 0.1) is 0 Å². The normalized spacial score (nSPS) is 14.9. The lowest BCUT2D eigenvalue weighted by molar-refractivity contribution is 0.488. The van der Waals surface area contributed by atoms with Gasteiger partial charge in [-0.1, -0.05) is 6.08 Å². The Morgan fingerprint density at radius 1 is 1.36 bits per heavy atom. The molecule has 0 spiro atoms. The van der Waals surface area contributed by atoms with E-state index in [4.69, 9.17) is 5.73 Å². The van der Waals surface area contributed by atoms with Gasteiger partial charge in [-0.3, -0.25) is 0 Å². The van der Waals surface area contributed by atoms with Crippen molar-refractivity contribution in [1.29, 1.82) is 0 Å². The third-order valence-corrected chi connectivity index (χ3v) is 2.09. The summed E-state index contributed by atoms with van der Waals surface area (Å²) in [6.45, 7) is 5.26. The number of nitrogens with two attached hydrogens (primary N) is 1. The summed E-state index contributed by atoms with van der Waals surface area (Å²) in [5.41, 5.74) is 5.55. The zero-order valence-corrected chi connectivity index (χ0v) is 8.06. The third-order valence-electron chi connectivity index (χ3n) is 2.09. The standard InChI is InChI=1S/C11H13F2N/c1-3-4-11(2,14)8-5-9(12)7-10(13)6-8/h3,5-7H,1,4,14H2,2H3. The van der Waals surface area contributed by atoms with Gasteiger partial charge < -0.3 is 5.73 Å². The zero-order chi connectivity index (χ0) is 10.8. The van der Waals surface area contributed by atoms with Crippen molar-refractivity contribution in [2.24, 2.45) is 5.73 Å². The highest BCUT2D eigenvalue weighted by molar-refractivity contribution is 5.25. The molecular formula is C11H13F2N. The lowest BCUT2D eigenvalue weighted by Gasteiger charge is -2.23. The van der Waals surface area contributed by atoms with Crippen molar-refractivity contribution in [2.45, 2.75) is 18.9 Å². The van der Waals surface area contributed by atoms with Crippen molar-refractivity contribution in [1.82, 2.24) is 0 Å². The molecule has 0 aliphatic heterocycles. The Balaban J connectivity index is 3.11. The first-order chi connectivity index (χ1) is 6.45. The van der Waals surface area contributed by atoms with Crippen molar-refractivity contribution < 1.29 is 8.78 Å². The smallest absolute Gasteiger partial charge is 0.126 e. The number of benzene rings is 1. The Kier molecular flexibility index (Phi) is 3.01. The van der Waals surface area contributed by atoms with Crippen LogP contribution in [0.2, 0.25) is 0 Å². The van der Waals surface area contributed by atoms with Gasteiger partial charge in [0, 0.05) is 11.6 Å². The maximum absolute atomic E-state index is 12.9. The first kappa shape index (κ1) is 10.9. The molecule has 0 aliphatic rings. The summed E-state index contributed by atoms with van der Waals surface area (Å²) in [5.74, 6) is -1.22. The van der Waals surface area contributed by atoms with E-state index >= 15 is 0 Å². The molecule has 3 heteroatoms. The van der Waals surface area contributed by atoms with Crippen molar-refractivity contribution in [3.63, 3.8) is 0 Å². The highest BCUT2D eigenvalue weighted by Gasteiger charge is 2.20. The summed E-state index contributed by atoms with van der Waals surface area (Å²) in [4.78, 5) is 0. The summed E-state index contributed by atoms with van der Waals surface area (Å²) in [5, 5.41) is 0. The third kappa shape index (κ3) is 2.39. The molecule has 0 amide bonds.